The Morgan fingerprint density at radius 1 is 1.31 bits per heavy atom. The molecule has 0 radical (unpaired) electrons. The highest BCUT2D eigenvalue weighted by molar-refractivity contribution is 7.18. The molecule has 2 aromatic heterocycles. The highest BCUT2D eigenvalue weighted by Crippen LogP contribution is 2.33. The molecule has 0 aliphatic heterocycles. The largest absolute Gasteiger partial charge is 0.419 e. The maximum Gasteiger partial charge on any atom is 0.419 e. The number of nitrogens with zero attached hydrogens (tertiary/aromatic N) is 1. The standard InChI is InChI=1S/C16H12F4N2O3S/c1-6-11-13(23)21-10(22-14(11)26-12(6)15(24)25)5-7-2-3-9(17)8(4-7)16(18,19)20/h2-4,15,24-25H,5H2,1H3,(H,21,22,23). The predicted octanol–water partition coefficient (Wildman–Crippen LogP) is 3.02. The number of H-pyrrole nitrogens is 1. The van der Waals surface area contributed by atoms with Gasteiger partial charge in [0.25, 0.3) is 5.56 Å². The van der Waals surface area contributed by atoms with E-state index in [0.717, 1.165) is 11.3 Å². The van der Waals surface area contributed by atoms with Crippen LogP contribution in [-0.2, 0) is 12.6 Å². The van der Waals surface area contributed by atoms with Crippen LogP contribution in [0.1, 0.15) is 33.7 Å². The first kappa shape index (κ1) is 18.5. The van der Waals surface area contributed by atoms with Crippen LogP contribution in [0.3, 0.4) is 0 Å². The summed E-state index contributed by atoms with van der Waals surface area (Å²) in [5.74, 6) is -1.30. The first-order chi connectivity index (χ1) is 12.1. The predicted molar refractivity (Wildman–Crippen MR) is 86.4 cm³/mol. The molecular weight excluding hydrogens is 376 g/mol. The summed E-state index contributed by atoms with van der Waals surface area (Å²) in [6.45, 7) is 1.54. The van der Waals surface area contributed by atoms with E-state index >= 15 is 0 Å². The van der Waals surface area contributed by atoms with Crippen LogP contribution in [0.5, 0.6) is 0 Å². The zero-order valence-electron chi connectivity index (χ0n) is 13.2. The minimum absolute atomic E-state index is 0.0856. The van der Waals surface area contributed by atoms with E-state index in [0.29, 0.717) is 17.7 Å². The Balaban J connectivity index is 2.04. The van der Waals surface area contributed by atoms with Crippen molar-refractivity contribution in [2.24, 2.45) is 0 Å². The van der Waals surface area contributed by atoms with Gasteiger partial charge in [-0.05, 0) is 30.2 Å². The number of hydrogen-bond acceptors (Lipinski definition) is 5. The van der Waals surface area contributed by atoms with E-state index in [-0.39, 0.29) is 32.9 Å². The van der Waals surface area contributed by atoms with E-state index < -0.39 is 29.4 Å². The Bertz CT molecular complexity index is 1040. The number of aryl methyl sites for hydroxylation is 1. The summed E-state index contributed by atoms with van der Waals surface area (Å²) in [4.78, 5) is 19.3. The molecule has 1 aromatic carbocycles. The summed E-state index contributed by atoms with van der Waals surface area (Å²) in [7, 11) is 0. The molecule has 26 heavy (non-hydrogen) atoms. The quantitative estimate of drug-likeness (QED) is 0.476. The molecule has 10 heteroatoms. The number of rotatable bonds is 3. The van der Waals surface area contributed by atoms with Crippen LogP contribution in [0.2, 0.25) is 0 Å². The second-order valence-corrected chi connectivity index (χ2v) is 6.68. The van der Waals surface area contributed by atoms with Crippen LogP contribution < -0.4 is 5.56 Å². The zero-order chi connectivity index (χ0) is 19.2. The third-order valence-electron chi connectivity index (χ3n) is 3.83. The third kappa shape index (κ3) is 3.35. The van der Waals surface area contributed by atoms with E-state index in [1.54, 1.807) is 6.92 Å². The number of aromatic amines is 1. The molecule has 0 spiro atoms. The fourth-order valence-corrected chi connectivity index (χ4v) is 3.70. The Morgan fingerprint density at radius 3 is 2.62 bits per heavy atom. The van der Waals surface area contributed by atoms with E-state index in [4.69, 9.17) is 0 Å². The van der Waals surface area contributed by atoms with E-state index in [2.05, 4.69) is 9.97 Å². The van der Waals surface area contributed by atoms with E-state index in [1.807, 2.05) is 0 Å². The van der Waals surface area contributed by atoms with Crippen molar-refractivity contribution in [1.82, 2.24) is 9.97 Å². The van der Waals surface area contributed by atoms with Crippen LogP contribution in [0.4, 0.5) is 17.6 Å². The van der Waals surface area contributed by atoms with Gasteiger partial charge >= 0.3 is 6.18 Å². The number of fused-ring (bicyclic) bond motifs is 1. The third-order valence-corrected chi connectivity index (χ3v) is 5.05. The second-order valence-electron chi connectivity index (χ2n) is 5.65. The van der Waals surface area contributed by atoms with Gasteiger partial charge < -0.3 is 15.2 Å². The number of alkyl halides is 3. The summed E-state index contributed by atoms with van der Waals surface area (Å²) in [5.41, 5.74) is -1.43. The van der Waals surface area contributed by atoms with Crippen molar-refractivity contribution in [2.75, 3.05) is 0 Å². The van der Waals surface area contributed by atoms with Crippen molar-refractivity contribution in [1.29, 1.82) is 0 Å². The molecule has 0 atom stereocenters. The Labute approximate surface area is 147 Å². The molecule has 0 fully saturated rings. The zero-order valence-corrected chi connectivity index (χ0v) is 14.0. The van der Waals surface area contributed by atoms with Crippen LogP contribution >= 0.6 is 11.3 Å². The van der Waals surface area contributed by atoms with Crippen molar-refractivity contribution < 1.29 is 27.8 Å². The van der Waals surface area contributed by atoms with E-state index in [1.165, 1.54) is 6.07 Å². The van der Waals surface area contributed by atoms with Crippen molar-refractivity contribution >= 4 is 21.6 Å². The highest BCUT2D eigenvalue weighted by atomic mass is 32.1. The van der Waals surface area contributed by atoms with Crippen molar-refractivity contribution in [3.05, 3.63) is 61.8 Å². The van der Waals surface area contributed by atoms with Gasteiger partial charge in [0.2, 0.25) is 0 Å². The first-order valence-corrected chi connectivity index (χ1v) is 8.13. The van der Waals surface area contributed by atoms with Gasteiger partial charge in [-0.2, -0.15) is 13.2 Å². The first-order valence-electron chi connectivity index (χ1n) is 7.32. The molecule has 0 aliphatic carbocycles. The number of thiophene rings is 1. The van der Waals surface area contributed by atoms with Gasteiger partial charge in [-0.3, -0.25) is 4.79 Å². The van der Waals surface area contributed by atoms with Crippen molar-refractivity contribution in [3.8, 4) is 0 Å². The average molecular weight is 388 g/mol. The number of aromatic nitrogens is 2. The van der Waals surface area contributed by atoms with Gasteiger partial charge in [0, 0.05) is 6.42 Å². The molecule has 138 valence electrons. The molecule has 0 bridgehead atoms. The molecule has 0 saturated heterocycles. The lowest BCUT2D eigenvalue weighted by Crippen LogP contribution is -2.13. The maximum atomic E-state index is 13.4. The lowest BCUT2D eigenvalue weighted by atomic mass is 10.1. The van der Waals surface area contributed by atoms with Crippen LogP contribution in [-0.4, -0.2) is 20.2 Å². The van der Waals surface area contributed by atoms with Crippen LogP contribution in [0, 0.1) is 12.7 Å². The number of aliphatic hydroxyl groups excluding tert-OH is 1. The van der Waals surface area contributed by atoms with Crippen molar-refractivity contribution in [2.45, 2.75) is 25.8 Å². The average Bonchev–Trinajstić information content (AvgIpc) is 2.85. The number of halogens is 4. The summed E-state index contributed by atoms with van der Waals surface area (Å²) in [6, 6.07) is 2.56. The van der Waals surface area contributed by atoms with Gasteiger partial charge in [-0.25, -0.2) is 9.37 Å². The smallest absolute Gasteiger partial charge is 0.364 e. The summed E-state index contributed by atoms with van der Waals surface area (Å²) < 4.78 is 51.8. The topological polar surface area (TPSA) is 86.2 Å². The highest BCUT2D eigenvalue weighted by Gasteiger charge is 2.34. The number of nitrogens with one attached hydrogen (secondary N) is 1. The van der Waals surface area contributed by atoms with Gasteiger partial charge in [-0.15, -0.1) is 11.3 Å². The molecule has 3 N–H and O–H groups in total. The van der Waals surface area contributed by atoms with Crippen molar-refractivity contribution in [3.63, 3.8) is 0 Å². The molecule has 0 aliphatic rings. The number of aliphatic hydroxyl groups is 2. The fraction of sp³-hybridized carbons (Fsp3) is 0.250. The Hall–Kier alpha value is -2.30. The molecule has 3 rings (SSSR count). The number of hydrogen-bond donors (Lipinski definition) is 3. The summed E-state index contributed by atoms with van der Waals surface area (Å²) in [6.07, 6.45) is -6.74. The Morgan fingerprint density at radius 2 is 2.00 bits per heavy atom. The maximum absolute atomic E-state index is 13.4. The Kier molecular flexibility index (Phi) is 4.59. The van der Waals surface area contributed by atoms with Crippen LogP contribution in [0.15, 0.2) is 23.0 Å². The molecule has 3 aromatic rings. The second kappa shape index (κ2) is 6.45. The minimum Gasteiger partial charge on any atom is -0.364 e. The van der Waals surface area contributed by atoms with E-state index in [9.17, 15) is 32.6 Å². The van der Waals surface area contributed by atoms with Crippen LogP contribution in [0.25, 0.3) is 10.2 Å². The SMILES string of the molecule is Cc1c(C(O)O)sc2nc(Cc3ccc(F)c(C(F)(F)F)c3)[nH]c(=O)c12. The summed E-state index contributed by atoms with van der Waals surface area (Å²) >= 11 is 0.910. The minimum atomic E-state index is -4.83. The number of benzene rings is 1. The normalized spacial score (nSPS) is 12.3. The molecule has 0 unspecified atom stereocenters. The fourth-order valence-electron chi connectivity index (χ4n) is 2.63. The molecule has 0 saturated carbocycles. The molecular formula is C16H12F4N2O3S. The molecule has 2 heterocycles. The lowest BCUT2D eigenvalue weighted by molar-refractivity contribution is -0.140. The van der Waals surface area contributed by atoms with Gasteiger partial charge in [0.05, 0.1) is 15.8 Å². The van der Waals surface area contributed by atoms with Gasteiger partial charge in [0.1, 0.15) is 16.5 Å². The monoisotopic (exact) mass is 388 g/mol. The molecule has 0 amide bonds. The summed E-state index contributed by atoms with van der Waals surface area (Å²) in [5, 5.41) is 18.8. The molecule has 5 nitrogen and oxygen atoms in total. The van der Waals surface area contributed by atoms with Gasteiger partial charge in [-0.1, -0.05) is 6.07 Å². The van der Waals surface area contributed by atoms with Gasteiger partial charge in [0.15, 0.2) is 6.29 Å². The lowest BCUT2D eigenvalue weighted by Gasteiger charge is -2.10.